The lowest BCUT2D eigenvalue weighted by atomic mass is 9.84. The van der Waals surface area contributed by atoms with E-state index < -0.39 is 0 Å². The summed E-state index contributed by atoms with van der Waals surface area (Å²) in [6.45, 7) is 5.89. The van der Waals surface area contributed by atoms with Crippen LogP contribution in [-0.4, -0.2) is 5.78 Å². The van der Waals surface area contributed by atoms with Gasteiger partial charge < -0.3 is 0 Å². The second-order valence-electron chi connectivity index (χ2n) is 4.18. The normalized spacial score (nSPS) is 12.9. The molecule has 88 valence electrons. The Morgan fingerprint density at radius 2 is 1.75 bits per heavy atom. The van der Waals surface area contributed by atoms with Gasteiger partial charge in [0, 0.05) is 27.9 Å². The zero-order valence-electron chi connectivity index (χ0n) is 9.76. The molecule has 3 heteroatoms. The second kappa shape index (κ2) is 5.70. The third-order valence-corrected chi connectivity index (χ3v) is 3.33. The van der Waals surface area contributed by atoms with Crippen LogP contribution in [0.5, 0.6) is 0 Å². The van der Waals surface area contributed by atoms with E-state index in [1.807, 2.05) is 20.8 Å². The molecule has 0 aliphatic rings. The van der Waals surface area contributed by atoms with E-state index in [1.54, 1.807) is 18.2 Å². The highest BCUT2D eigenvalue weighted by molar-refractivity contribution is 6.36. The summed E-state index contributed by atoms with van der Waals surface area (Å²) in [6.07, 6.45) is 0.504. The molecule has 0 spiro atoms. The molecule has 0 heterocycles. The summed E-state index contributed by atoms with van der Waals surface area (Å²) in [4.78, 5) is 11.9. The van der Waals surface area contributed by atoms with Crippen molar-refractivity contribution in [2.75, 3.05) is 0 Å². The average molecular weight is 259 g/mol. The molecule has 0 saturated carbocycles. The fourth-order valence-electron chi connectivity index (χ4n) is 1.89. The molecule has 0 radical (unpaired) electrons. The summed E-state index contributed by atoms with van der Waals surface area (Å²) >= 11 is 12.3. The van der Waals surface area contributed by atoms with Gasteiger partial charge in [-0.2, -0.15) is 0 Å². The van der Waals surface area contributed by atoms with Gasteiger partial charge in [0.1, 0.15) is 5.78 Å². The largest absolute Gasteiger partial charge is 0.299 e. The van der Waals surface area contributed by atoms with E-state index in [9.17, 15) is 4.79 Å². The van der Waals surface area contributed by atoms with Crippen LogP contribution in [0.1, 0.15) is 38.7 Å². The Balaban J connectivity index is 3.26. The minimum absolute atomic E-state index is 0.185. The third kappa shape index (κ3) is 2.78. The van der Waals surface area contributed by atoms with Gasteiger partial charge in [-0.25, -0.2) is 0 Å². The summed E-state index contributed by atoms with van der Waals surface area (Å²) in [5.41, 5.74) is 0.771. The summed E-state index contributed by atoms with van der Waals surface area (Å²) < 4.78 is 0. The predicted molar refractivity (Wildman–Crippen MR) is 69.3 cm³/mol. The van der Waals surface area contributed by atoms with Crippen molar-refractivity contribution in [1.82, 2.24) is 0 Å². The zero-order valence-corrected chi connectivity index (χ0v) is 11.3. The van der Waals surface area contributed by atoms with Gasteiger partial charge in [0.15, 0.2) is 0 Å². The Kier molecular flexibility index (Phi) is 4.82. The van der Waals surface area contributed by atoms with Crippen LogP contribution in [0.25, 0.3) is 0 Å². The van der Waals surface area contributed by atoms with Crippen LogP contribution >= 0.6 is 23.2 Å². The van der Waals surface area contributed by atoms with Crippen molar-refractivity contribution in [3.8, 4) is 0 Å². The van der Waals surface area contributed by atoms with Crippen molar-refractivity contribution in [3.05, 3.63) is 33.8 Å². The molecular formula is C13H16Cl2O. The molecule has 1 aromatic rings. The summed E-state index contributed by atoms with van der Waals surface area (Å²) in [7, 11) is 0. The highest BCUT2D eigenvalue weighted by Gasteiger charge is 2.26. The Morgan fingerprint density at radius 3 is 2.12 bits per heavy atom. The molecule has 0 aromatic heterocycles. The smallest absolute Gasteiger partial charge is 0.140 e. The number of rotatable bonds is 4. The first-order valence-corrected chi connectivity index (χ1v) is 6.21. The van der Waals surface area contributed by atoms with Crippen LogP contribution in [0.4, 0.5) is 0 Å². The molecule has 0 bridgehead atoms. The molecule has 16 heavy (non-hydrogen) atoms. The monoisotopic (exact) mass is 258 g/mol. The maximum atomic E-state index is 11.9. The molecular weight excluding hydrogens is 243 g/mol. The van der Waals surface area contributed by atoms with E-state index in [4.69, 9.17) is 23.2 Å². The number of Topliss-reactive ketones (excluding diaryl/α,β-unsaturated/α-hetero) is 1. The number of halogens is 2. The Bertz CT molecular complexity index is 365. The van der Waals surface area contributed by atoms with Gasteiger partial charge in [-0.1, -0.05) is 50.0 Å². The van der Waals surface area contributed by atoms with Gasteiger partial charge in [-0.05, 0) is 18.1 Å². The van der Waals surface area contributed by atoms with Gasteiger partial charge in [0.2, 0.25) is 0 Å². The standard InChI is InChI=1S/C13H16Cl2O/c1-4-11(16)12(8(2)3)13-9(14)6-5-7-10(13)15/h5-8,12H,4H2,1-3H3. The van der Waals surface area contributed by atoms with Crippen molar-refractivity contribution in [1.29, 1.82) is 0 Å². The lowest BCUT2D eigenvalue weighted by molar-refractivity contribution is -0.121. The van der Waals surface area contributed by atoms with E-state index in [0.29, 0.717) is 16.5 Å². The first kappa shape index (κ1) is 13.5. The molecule has 0 aliphatic carbocycles. The topological polar surface area (TPSA) is 17.1 Å². The molecule has 0 saturated heterocycles. The molecule has 0 amide bonds. The molecule has 1 rings (SSSR count). The van der Waals surface area contributed by atoms with Gasteiger partial charge >= 0.3 is 0 Å². The number of benzene rings is 1. The predicted octanol–water partition coefficient (Wildman–Crippen LogP) is 4.71. The van der Waals surface area contributed by atoms with Crippen molar-refractivity contribution in [3.63, 3.8) is 0 Å². The molecule has 0 fully saturated rings. The van der Waals surface area contributed by atoms with Crippen LogP contribution in [0.3, 0.4) is 0 Å². The number of hydrogen-bond donors (Lipinski definition) is 0. The number of carbonyl (C=O) groups is 1. The maximum absolute atomic E-state index is 11.9. The highest BCUT2D eigenvalue weighted by Crippen LogP contribution is 2.36. The first-order valence-electron chi connectivity index (χ1n) is 5.45. The minimum atomic E-state index is -0.203. The van der Waals surface area contributed by atoms with Crippen molar-refractivity contribution < 1.29 is 4.79 Å². The maximum Gasteiger partial charge on any atom is 0.140 e. The number of hydrogen-bond acceptors (Lipinski definition) is 1. The molecule has 1 unspecified atom stereocenters. The van der Waals surface area contributed by atoms with Crippen LogP contribution in [0, 0.1) is 5.92 Å². The van der Waals surface area contributed by atoms with E-state index in [0.717, 1.165) is 5.56 Å². The van der Waals surface area contributed by atoms with E-state index in [2.05, 4.69) is 0 Å². The van der Waals surface area contributed by atoms with Crippen molar-refractivity contribution in [2.24, 2.45) is 5.92 Å². The second-order valence-corrected chi connectivity index (χ2v) is 4.99. The van der Waals surface area contributed by atoms with Crippen LogP contribution in [-0.2, 0) is 4.79 Å². The van der Waals surface area contributed by atoms with Gasteiger partial charge in [0.25, 0.3) is 0 Å². The summed E-state index contributed by atoms with van der Waals surface area (Å²) in [5.74, 6) is 0.182. The van der Waals surface area contributed by atoms with Gasteiger partial charge in [0.05, 0.1) is 0 Å². The summed E-state index contributed by atoms with van der Waals surface area (Å²) in [5, 5.41) is 1.15. The van der Waals surface area contributed by atoms with Crippen molar-refractivity contribution in [2.45, 2.75) is 33.1 Å². The van der Waals surface area contributed by atoms with Crippen LogP contribution in [0.2, 0.25) is 10.0 Å². The molecule has 1 nitrogen and oxygen atoms in total. The number of carbonyl (C=O) groups excluding carboxylic acids is 1. The van der Waals surface area contributed by atoms with Crippen LogP contribution in [0.15, 0.2) is 18.2 Å². The molecule has 0 aliphatic heterocycles. The lowest BCUT2D eigenvalue weighted by Gasteiger charge is -2.21. The molecule has 1 atom stereocenters. The molecule has 1 aromatic carbocycles. The van der Waals surface area contributed by atoms with Crippen molar-refractivity contribution >= 4 is 29.0 Å². The Labute approximate surface area is 107 Å². The highest BCUT2D eigenvalue weighted by atomic mass is 35.5. The first-order chi connectivity index (χ1) is 7.49. The lowest BCUT2D eigenvalue weighted by Crippen LogP contribution is -2.18. The van der Waals surface area contributed by atoms with E-state index >= 15 is 0 Å². The quantitative estimate of drug-likeness (QED) is 0.765. The summed E-state index contributed by atoms with van der Waals surface area (Å²) in [6, 6.07) is 5.35. The zero-order chi connectivity index (χ0) is 12.3. The number of ketones is 1. The van der Waals surface area contributed by atoms with E-state index in [-0.39, 0.29) is 17.6 Å². The van der Waals surface area contributed by atoms with Gasteiger partial charge in [-0.15, -0.1) is 0 Å². The average Bonchev–Trinajstić information content (AvgIpc) is 2.22. The minimum Gasteiger partial charge on any atom is -0.299 e. The SMILES string of the molecule is CCC(=O)C(c1c(Cl)cccc1Cl)C(C)C. The Morgan fingerprint density at radius 1 is 1.25 bits per heavy atom. The third-order valence-electron chi connectivity index (χ3n) is 2.67. The van der Waals surface area contributed by atoms with Gasteiger partial charge in [-0.3, -0.25) is 4.79 Å². The fourth-order valence-corrected chi connectivity index (χ4v) is 2.53. The van der Waals surface area contributed by atoms with E-state index in [1.165, 1.54) is 0 Å². The molecule has 0 N–H and O–H groups in total. The Hall–Kier alpha value is -0.530. The fraction of sp³-hybridized carbons (Fsp3) is 0.462. The van der Waals surface area contributed by atoms with Crippen LogP contribution < -0.4 is 0 Å².